The largest absolute Gasteiger partial charge is 0.429 e. The minimum atomic E-state index is 0.288. The van der Waals surface area contributed by atoms with Crippen LogP contribution in [0.4, 0.5) is 0 Å². The molecule has 76 valence electrons. The summed E-state index contributed by atoms with van der Waals surface area (Å²) in [5.41, 5.74) is 0. The molecule has 2 rings (SSSR count). The van der Waals surface area contributed by atoms with Gasteiger partial charge in [0.2, 0.25) is 0 Å². The van der Waals surface area contributed by atoms with Crippen molar-refractivity contribution >= 4 is 0 Å². The molecule has 4 heteroatoms. The summed E-state index contributed by atoms with van der Waals surface area (Å²) in [6, 6.07) is 3.55. The Labute approximate surface area is 82.4 Å². The van der Waals surface area contributed by atoms with Crippen molar-refractivity contribution in [1.82, 2.24) is 4.73 Å². The van der Waals surface area contributed by atoms with Gasteiger partial charge >= 0.3 is 0 Å². The Kier molecular flexibility index (Phi) is 2.84. The Morgan fingerprint density at radius 2 is 2.29 bits per heavy atom. The minimum absolute atomic E-state index is 0.288. The molecule has 1 aromatic heterocycles. The molecule has 1 unspecified atom stereocenters. The molecule has 0 saturated carbocycles. The van der Waals surface area contributed by atoms with Gasteiger partial charge in [0.15, 0.2) is 0 Å². The molecule has 0 aromatic carbocycles. The molecule has 1 aliphatic heterocycles. The standard InChI is InChI=1S/C10H14N2O2/c13-12-5-3-9(4-6-12)11-8-10-2-1-7-14-10/h3-6,10,13H,1-2,7-8H2. The van der Waals surface area contributed by atoms with Crippen LogP contribution < -0.4 is 5.36 Å². The summed E-state index contributed by atoms with van der Waals surface area (Å²) in [5.74, 6) is 0. The van der Waals surface area contributed by atoms with E-state index in [1.807, 2.05) is 0 Å². The lowest BCUT2D eigenvalue weighted by Gasteiger charge is -2.03. The SMILES string of the molecule is On1ccc(=NCC2CCCO2)cc1. The molecule has 1 fully saturated rings. The number of hydrogen-bond donors (Lipinski definition) is 1. The molecule has 2 heterocycles. The number of aromatic nitrogens is 1. The molecule has 1 N–H and O–H groups in total. The summed E-state index contributed by atoms with van der Waals surface area (Å²) < 4.78 is 6.46. The lowest BCUT2D eigenvalue weighted by Crippen LogP contribution is -2.13. The Morgan fingerprint density at radius 1 is 1.50 bits per heavy atom. The van der Waals surface area contributed by atoms with Gasteiger partial charge < -0.3 is 9.94 Å². The van der Waals surface area contributed by atoms with Crippen LogP contribution in [0.1, 0.15) is 12.8 Å². The normalized spacial score (nSPS) is 21.0. The number of pyridine rings is 1. The van der Waals surface area contributed by atoms with Crippen molar-refractivity contribution in [3.8, 4) is 0 Å². The zero-order valence-corrected chi connectivity index (χ0v) is 7.97. The first-order chi connectivity index (χ1) is 6.84. The monoisotopic (exact) mass is 194 g/mol. The van der Waals surface area contributed by atoms with Gasteiger partial charge in [0.1, 0.15) is 0 Å². The second-order valence-electron chi connectivity index (χ2n) is 3.41. The van der Waals surface area contributed by atoms with Crippen LogP contribution in [0.2, 0.25) is 0 Å². The molecule has 1 aromatic rings. The highest BCUT2D eigenvalue weighted by Crippen LogP contribution is 2.11. The van der Waals surface area contributed by atoms with Gasteiger partial charge in [0.05, 0.1) is 18.0 Å². The Bertz CT molecular complexity index is 333. The molecule has 0 bridgehead atoms. The molecule has 0 aliphatic carbocycles. The van der Waals surface area contributed by atoms with Gasteiger partial charge in [-0.2, -0.15) is 0 Å². The fourth-order valence-corrected chi connectivity index (χ4v) is 1.51. The second kappa shape index (κ2) is 4.28. The highest BCUT2D eigenvalue weighted by molar-refractivity contribution is 4.91. The molecule has 1 saturated heterocycles. The van der Waals surface area contributed by atoms with Crippen LogP contribution in [0, 0.1) is 0 Å². The van der Waals surface area contributed by atoms with Crippen LogP contribution in [0.15, 0.2) is 29.5 Å². The molecule has 0 amide bonds. The molecule has 1 atom stereocenters. The van der Waals surface area contributed by atoms with E-state index in [-0.39, 0.29) is 6.10 Å². The maximum Gasteiger partial charge on any atom is 0.0771 e. The number of ether oxygens (including phenoxy) is 1. The first-order valence-corrected chi connectivity index (χ1v) is 4.84. The fraction of sp³-hybridized carbons (Fsp3) is 0.500. The Morgan fingerprint density at radius 3 is 2.93 bits per heavy atom. The summed E-state index contributed by atoms with van der Waals surface area (Å²) in [4.78, 5) is 4.38. The van der Waals surface area contributed by atoms with E-state index in [0.29, 0.717) is 0 Å². The van der Waals surface area contributed by atoms with E-state index in [1.54, 1.807) is 24.5 Å². The van der Waals surface area contributed by atoms with Crippen LogP contribution in [-0.2, 0) is 4.74 Å². The first kappa shape index (κ1) is 9.27. The van der Waals surface area contributed by atoms with Crippen molar-refractivity contribution in [2.75, 3.05) is 13.2 Å². The minimum Gasteiger partial charge on any atom is -0.429 e. The highest BCUT2D eigenvalue weighted by atomic mass is 16.5. The molecular weight excluding hydrogens is 180 g/mol. The maximum absolute atomic E-state index is 8.99. The third-order valence-electron chi connectivity index (χ3n) is 2.30. The predicted octanol–water partition coefficient (Wildman–Crippen LogP) is 0.805. The number of nitrogens with zero attached hydrogens (tertiary/aromatic N) is 2. The Hall–Kier alpha value is -1.29. The van der Waals surface area contributed by atoms with Crippen LogP contribution in [-0.4, -0.2) is 29.2 Å². The van der Waals surface area contributed by atoms with Crippen molar-refractivity contribution in [2.24, 2.45) is 4.99 Å². The van der Waals surface area contributed by atoms with Crippen molar-refractivity contribution in [1.29, 1.82) is 0 Å². The van der Waals surface area contributed by atoms with Crippen molar-refractivity contribution in [2.45, 2.75) is 18.9 Å². The lowest BCUT2D eigenvalue weighted by atomic mass is 10.2. The fourth-order valence-electron chi connectivity index (χ4n) is 1.51. The quantitative estimate of drug-likeness (QED) is 0.708. The van der Waals surface area contributed by atoms with Crippen LogP contribution in [0.25, 0.3) is 0 Å². The molecule has 4 nitrogen and oxygen atoms in total. The smallest absolute Gasteiger partial charge is 0.0771 e. The summed E-state index contributed by atoms with van der Waals surface area (Å²) >= 11 is 0. The number of hydrogen-bond acceptors (Lipinski definition) is 3. The van der Waals surface area contributed by atoms with Gasteiger partial charge in [0, 0.05) is 19.0 Å². The van der Waals surface area contributed by atoms with Crippen LogP contribution >= 0.6 is 0 Å². The van der Waals surface area contributed by atoms with E-state index in [4.69, 9.17) is 9.94 Å². The zero-order chi connectivity index (χ0) is 9.80. The van der Waals surface area contributed by atoms with Crippen molar-refractivity contribution < 1.29 is 9.94 Å². The van der Waals surface area contributed by atoms with Gasteiger partial charge in [-0.25, -0.2) is 4.73 Å². The van der Waals surface area contributed by atoms with E-state index in [1.165, 1.54) is 0 Å². The molecule has 0 radical (unpaired) electrons. The van der Waals surface area contributed by atoms with Crippen LogP contribution in [0.5, 0.6) is 0 Å². The average Bonchev–Trinajstić information content (AvgIpc) is 2.70. The summed E-state index contributed by atoms with van der Waals surface area (Å²) in [5, 5.41) is 9.87. The average molecular weight is 194 g/mol. The van der Waals surface area contributed by atoms with E-state index >= 15 is 0 Å². The van der Waals surface area contributed by atoms with E-state index in [0.717, 1.165) is 36.1 Å². The Balaban J connectivity index is 1.99. The molecule has 14 heavy (non-hydrogen) atoms. The van der Waals surface area contributed by atoms with Crippen molar-refractivity contribution in [3.05, 3.63) is 29.9 Å². The van der Waals surface area contributed by atoms with Gasteiger partial charge in [-0.05, 0) is 25.0 Å². The third kappa shape index (κ3) is 2.35. The van der Waals surface area contributed by atoms with Gasteiger partial charge in [-0.1, -0.05) is 0 Å². The summed E-state index contributed by atoms with van der Waals surface area (Å²) in [7, 11) is 0. The van der Waals surface area contributed by atoms with E-state index < -0.39 is 0 Å². The molecular formula is C10H14N2O2. The summed E-state index contributed by atoms with van der Waals surface area (Å²) in [6.45, 7) is 1.58. The van der Waals surface area contributed by atoms with Crippen LogP contribution in [0.3, 0.4) is 0 Å². The maximum atomic E-state index is 8.99. The summed E-state index contributed by atoms with van der Waals surface area (Å²) in [6.07, 6.45) is 5.67. The van der Waals surface area contributed by atoms with E-state index in [9.17, 15) is 0 Å². The lowest BCUT2D eigenvalue weighted by molar-refractivity contribution is 0.117. The topological polar surface area (TPSA) is 46.8 Å². The zero-order valence-electron chi connectivity index (χ0n) is 7.97. The molecule has 1 aliphatic rings. The van der Waals surface area contributed by atoms with Gasteiger partial charge in [-0.15, -0.1) is 0 Å². The highest BCUT2D eigenvalue weighted by Gasteiger charge is 2.13. The second-order valence-corrected chi connectivity index (χ2v) is 3.41. The van der Waals surface area contributed by atoms with Crippen molar-refractivity contribution in [3.63, 3.8) is 0 Å². The molecule has 0 spiro atoms. The number of rotatable bonds is 2. The van der Waals surface area contributed by atoms with Gasteiger partial charge in [-0.3, -0.25) is 4.99 Å². The van der Waals surface area contributed by atoms with E-state index in [2.05, 4.69) is 4.99 Å². The third-order valence-corrected chi connectivity index (χ3v) is 2.30. The van der Waals surface area contributed by atoms with Gasteiger partial charge in [0.25, 0.3) is 0 Å². The predicted molar refractivity (Wildman–Crippen MR) is 51.0 cm³/mol. The first-order valence-electron chi connectivity index (χ1n) is 4.84.